The van der Waals surface area contributed by atoms with Crippen LogP contribution in [0.2, 0.25) is 0 Å². The van der Waals surface area contributed by atoms with Gasteiger partial charge in [-0.3, -0.25) is 19.3 Å². The zero-order chi connectivity index (χ0) is 17.3. The van der Waals surface area contributed by atoms with Crippen LogP contribution in [0.15, 0.2) is 30.7 Å². The van der Waals surface area contributed by atoms with Crippen molar-refractivity contribution < 1.29 is 14.4 Å². The molecule has 0 fully saturated rings. The minimum Gasteiger partial charge on any atom is -0.352 e. The zero-order valence-electron chi connectivity index (χ0n) is 13.5. The largest absolute Gasteiger partial charge is 0.352 e. The number of aromatic amines is 1. The summed E-state index contributed by atoms with van der Waals surface area (Å²) in [6.45, 7) is 4.01. The molecule has 0 unspecified atom stereocenters. The van der Waals surface area contributed by atoms with E-state index >= 15 is 0 Å². The number of hydrogen-bond donors (Lipinski definition) is 2. The smallest absolute Gasteiger partial charge is 0.261 e. The fourth-order valence-electron chi connectivity index (χ4n) is 2.70. The number of H-pyrrole nitrogens is 1. The molecule has 7 nitrogen and oxygen atoms in total. The van der Waals surface area contributed by atoms with Crippen molar-refractivity contribution in [2.75, 3.05) is 6.54 Å². The van der Waals surface area contributed by atoms with Crippen molar-refractivity contribution in [2.24, 2.45) is 0 Å². The maximum atomic E-state index is 12.4. The van der Waals surface area contributed by atoms with E-state index in [2.05, 4.69) is 15.3 Å². The second-order valence-corrected chi connectivity index (χ2v) is 5.92. The third-order valence-electron chi connectivity index (χ3n) is 3.93. The highest BCUT2D eigenvalue weighted by Crippen LogP contribution is 2.25. The van der Waals surface area contributed by atoms with E-state index in [9.17, 15) is 14.4 Å². The van der Waals surface area contributed by atoms with Crippen LogP contribution in [-0.2, 0) is 6.42 Å². The van der Waals surface area contributed by atoms with Gasteiger partial charge < -0.3 is 10.3 Å². The van der Waals surface area contributed by atoms with Gasteiger partial charge in [0.15, 0.2) is 0 Å². The van der Waals surface area contributed by atoms with Crippen molar-refractivity contribution in [1.29, 1.82) is 0 Å². The Labute approximate surface area is 139 Å². The van der Waals surface area contributed by atoms with Crippen LogP contribution in [0.3, 0.4) is 0 Å². The molecule has 0 bridgehead atoms. The molecule has 0 spiro atoms. The van der Waals surface area contributed by atoms with Gasteiger partial charge in [0.05, 0.1) is 17.5 Å². The molecule has 1 aromatic heterocycles. The molecule has 3 rings (SSSR count). The van der Waals surface area contributed by atoms with Gasteiger partial charge in [0.25, 0.3) is 17.7 Å². The lowest BCUT2D eigenvalue weighted by atomic mass is 10.1. The average Bonchev–Trinajstić information content (AvgIpc) is 3.14. The Morgan fingerprint density at radius 2 is 2.00 bits per heavy atom. The van der Waals surface area contributed by atoms with Crippen molar-refractivity contribution in [1.82, 2.24) is 20.2 Å². The first-order chi connectivity index (χ1) is 11.5. The number of imidazole rings is 1. The van der Waals surface area contributed by atoms with Gasteiger partial charge in [0.1, 0.15) is 0 Å². The van der Waals surface area contributed by atoms with Gasteiger partial charge in [-0.15, -0.1) is 0 Å². The molecule has 2 aromatic rings. The van der Waals surface area contributed by atoms with E-state index < -0.39 is 0 Å². The van der Waals surface area contributed by atoms with Crippen LogP contribution in [0, 0.1) is 0 Å². The Balaban J connectivity index is 1.71. The molecule has 1 aromatic carbocycles. The number of aromatic nitrogens is 2. The van der Waals surface area contributed by atoms with Crippen molar-refractivity contribution in [3.63, 3.8) is 0 Å². The summed E-state index contributed by atoms with van der Waals surface area (Å²) in [5.41, 5.74) is 1.93. The lowest BCUT2D eigenvalue weighted by Gasteiger charge is -2.17. The van der Waals surface area contributed by atoms with Crippen molar-refractivity contribution in [3.05, 3.63) is 53.1 Å². The first kappa shape index (κ1) is 15.9. The number of rotatable bonds is 5. The van der Waals surface area contributed by atoms with Gasteiger partial charge in [-0.25, -0.2) is 4.98 Å². The predicted octanol–water partition coefficient (Wildman–Crippen LogP) is 1.39. The third kappa shape index (κ3) is 2.80. The van der Waals surface area contributed by atoms with Gasteiger partial charge in [0.2, 0.25) is 0 Å². The van der Waals surface area contributed by atoms with E-state index in [4.69, 9.17) is 0 Å². The molecule has 0 saturated carbocycles. The first-order valence-corrected chi connectivity index (χ1v) is 7.76. The van der Waals surface area contributed by atoms with Crippen molar-refractivity contribution in [3.8, 4) is 0 Å². The van der Waals surface area contributed by atoms with Crippen molar-refractivity contribution in [2.45, 2.75) is 26.3 Å². The Hall–Kier alpha value is -2.96. The van der Waals surface area contributed by atoms with E-state index in [0.29, 0.717) is 24.1 Å². The molecule has 0 radical (unpaired) electrons. The molecule has 3 amide bonds. The van der Waals surface area contributed by atoms with E-state index in [-0.39, 0.29) is 29.3 Å². The Kier molecular flexibility index (Phi) is 4.16. The molecule has 1 aliphatic heterocycles. The normalized spacial score (nSPS) is 13.5. The summed E-state index contributed by atoms with van der Waals surface area (Å²) in [7, 11) is 0. The van der Waals surface area contributed by atoms with Gasteiger partial charge in [-0.05, 0) is 32.0 Å². The van der Waals surface area contributed by atoms with Crippen LogP contribution < -0.4 is 5.32 Å². The fourth-order valence-corrected chi connectivity index (χ4v) is 2.70. The van der Waals surface area contributed by atoms with E-state index in [1.165, 1.54) is 11.0 Å². The Morgan fingerprint density at radius 1 is 1.25 bits per heavy atom. The predicted molar refractivity (Wildman–Crippen MR) is 86.7 cm³/mol. The van der Waals surface area contributed by atoms with Crippen LogP contribution in [0.1, 0.15) is 50.6 Å². The van der Waals surface area contributed by atoms with Crippen LogP contribution in [-0.4, -0.2) is 45.2 Å². The molecule has 2 heterocycles. The summed E-state index contributed by atoms with van der Waals surface area (Å²) >= 11 is 0. The topological polar surface area (TPSA) is 95.2 Å². The molecule has 124 valence electrons. The molecule has 0 atom stereocenters. The second kappa shape index (κ2) is 6.27. The van der Waals surface area contributed by atoms with Crippen LogP contribution in [0.5, 0.6) is 0 Å². The molecular formula is C17H18N4O3. The average molecular weight is 326 g/mol. The summed E-state index contributed by atoms with van der Waals surface area (Å²) in [6.07, 6.45) is 3.92. The standard InChI is InChI=1S/C17H18N4O3/c1-10(2)21-16(23)13-4-3-11(7-14(13)17(21)24)15(22)19-6-5-12-8-18-9-20-12/h3-4,7-10H,5-6H2,1-2H3,(H,18,20)(H,19,22). The lowest BCUT2D eigenvalue weighted by Crippen LogP contribution is -2.35. The number of nitrogens with zero attached hydrogens (tertiary/aromatic N) is 2. The van der Waals surface area contributed by atoms with E-state index in [1.807, 2.05) is 0 Å². The minimum atomic E-state index is -0.350. The number of carbonyl (C=O) groups excluding carboxylic acids is 3. The molecule has 24 heavy (non-hydrogen) atoms. The molecule has 0 saturated heterocycles. The number of hydrogen-bond acceptors (Lipinski definition) is 4. The maximum absolute atomic E-state index is 12.4. The van der Waals surface area contributed by atoms with Crippen LogP contribution in [0.4, 0.5) is 0 Å². The second-order valence-electron chi connectivity index (χ2n) is 5.92. The Morgan fingerprint density at radius 3 is 2.67 bits per heavy atom. The summed E-state index contributed by atoms with van der Waals surface area (Å²) in [5.74, 6) is -0.936. The number of amides is 3. The highest BCUT2D eigenvalue weighted by molar-refractivity contribution is 6.22. The van der Waals surface area contributed by atoms with Gasteiger partial charge in [-0.1, -0.05) is 0 Å². The quantitative estimate of drug-likeness (QED) is 0.812. The molecule has 1 aliphatic rings. The fraction of sp³-hybridized carbons (Fsp3) is 0.294. The number of imide groups is 1. The van der Waals surface area contributed by atoms with E-state index in [0.717, 1.165) is 5.69 Å². The molecule has 7 heteroatoms. The summed E-state index contributed by atoms with van der Waals surface area (Å²) < 4.78 is 0. The number of fused-ring (bicyclic) bond motifs is 1. The highest BCUT2D eigenvalue weighted by atomic mass is 16.2. The van der Waals surface area contributed by atoms with Crippen molar-refractivity contribution >= 4 is 17.7 Å². The SMILES string of the molecule is CC(C)N1C(=O)c2ccc(C(=O)NCCc3cnc[nH]3)cc2C1=O. The highest BCUT2D eigenvalue weighted by Gasteiger charge is 2.37. The van der Waals surface area contributed by atoms with E-state index in [1.54, 1.807) is 38.5 Å². The molecular weight excluding hydrogens is 308 g/mol. The Bertz CT molecular complexity index is 796. The molecule has 0 aliphatic carbocycles. The summed E-state index contributed by atoms with van der Waals surface area (Å²) in [6, 6.07) is 4.38. The number of carbonyl (C=O) groups is 3. The summed E-state index contributed by atoms with van der Waals surface area (Å²) in [4.78, 5) is 44.9. The number of benzene rings is 1. The summed E-state index contributed by atoms with van der Waals surface area (Å²) in [5, 5.41) is 2.79. The zero-order valence-corrected chi connectivity index (χ0v) is 13.5. The monoisotopic (exact) mass is 326 g/mol. The minimum absolute atomic E-state index is 0.218. The maximum Gasteiger partial charge on any atom is 0.261 e. The van der Waals surface area contributed by atoms with Crippen LogP contribution in [0.25, 0.3) is 0 Å². The van der Waals surface area contributed by atoms with Gasteiger partial charge >= 0.3 is 0 Å². The van der Waals surface area contributed by atoms with Crippen LogP contribution >= 0.6 is 0 Å². The van der Waals surface area contributed by atoms with Gasteiger partial charge in [0, 0.05) is 36.5 Å². The number of nitrogens with one attached hydrogen (secondary N) is 2. The molecule has 2 N–H and O–H groups in total. The first-order valence-electron chi connectivity index (χ1n) is 7.76. The lowest BCUT2D eigenvalue weighted by molar-refractivity contribution is 0.0609. The third-order valence-corrected chi connectivity index (χ3v) is 3.93. The van der Waals surface area contributed by atoms with Gasteiger partial charge in [-0.2, -0.15) is 0 Å².